The van der Waals surface area contributed by atoms with Crippen molar-refractivity contribution in [3.8, 4) is 0 Å². The molecule has 0 saturated carbocycles. The summed E-state index contributed by atoms with van der Waals surface area (Å²) in [5, 5.41) is 20.8. The van der Waals surface area contributed by atoms with Crippen LogP contribution in [0.3, 0.4) is 0 Å². The van der Waals surface area contributed by atoms with Gasteiger partial charge in [0, 0.05) is 35.0 Å². The van der Waals surface area contributed by atoms with Gasteiger partial charge in [-0.1, -0.05) is 35.7 Å². The SMILES string of the molecule is N=C(N)NC(=N)[N+]1(c2ccc(Cl)cc2)CCCCCCC12C=CC(Cl)=CC2. The minimum atomic E-state index is -0.355. The maximum absolute atomic E-state index is 8.95. The summed E-state index contributed by atoms with van der Waals surface area (Å²) >= 11 is 12.4. The molecular weight excluding hydrogens is 381 g/mol. The van der Waals surface area contributed by atoms with E-state index in [-0.39, 0.29) is 21.9 Å². The first-order valence-corrected chi connectivity index (χ1v) is 10.0. The predicted octanol–water partition coefficient (Wildman–Crippen LogP) is 4.85. The fourth-order valence-electron chi connectivity index (χ4n) is 4.43. The molecule has 7 heteroatoms. The second kappa shape index (κ2) is 8.05. The number of allylic oxidation sites excluding steroid dienone is 2. The Hall–Kier alpha value is -1.82. The van der Waals surface area contributed by atoms with E-state index in [4.69, 9.17) is 39.8 Å². The molecule has 5 nitrogen and oxygen atoms in total. The van der Waals surface area contributed by atoms with Gasteiger partial charge in [0.25, 0.3) is 0 Å². The molecule has 1 aliphatic carbocycles. The number of hydrogen-bond donors (Lipinski definition) is 4. The lowest BCUT2D eigenvalue weighted by atomic mass is 9.79. The molecular formula is C20H26Cl2N5+. The Labute approximate surface area is 170 Å². The Balaban J connectivity index is 2.21. The third-order valence-electron chi connectivity index (χ3n) is 5.72. The topological polar surface area (TPSA) is 85.8 Å². The van der Waals surface area contributed by atoms with E-state index < -0.39 is 0 Å². The second-order valence-electron chi connectivity index (χ2n) is 7.29. The summed E-state index contributed by atoms with van der Waals surface area (Å²) in [6, 6.07) is 7.69. The molecule has 0 aromatic heterocycles. The molecule has 2 unspecified atom stereocenters. The maximum Gasteiger partial charge on any atom is 0.307 e. The minimum Gasteiger partial charge on any atom is -0.370 e. The molecule has 1 aromatic carbocycles. The number of benzene rings is 1. The van der Waals surface area contributed by atoms with Crippen molar-refractivity contribution in [2.24, 2.45) is 5.73 Å². The van der Waals surface area contributed by atoms with E-state index in [0.717, 1.165) is 49.4 Å². The molecule has 1 saturated heterocycles. The Morgan fingerprint density at radius 2 is 1.78 bits per heavy atom. The van der Waals surface area contributed by atoms with Gasteiger partial charge < -0.3 is 5.73 Å². The van der Waals surface area contributed by atoms with Gasteiger partial charge in [-0.3, -0.25) is 10.7 Å². The average Bonchev–Trinajstić information content (AvgIpc) is 2.61. The molecule has 3 rings (SSSR count). The molecule has 1 aromatic rings. The van der Waals surface area contributed by atoms with Crippen molar-refractivity contribution < 1.29 is 0 Å². The number of likely N-dealkylation sites (tertiary alicyclic amines) is 1. The molecule has 1 aliphatic heterocycles. The van der Waals surface area contributed by atoms with Crippen molar-refractivity contribution in [1.82, 2.24) is 9.80 Å². The van der Waals surface area contributed by atoms with Crippen LogP contribution in [0.15, 0.2) is 47.5 Å². The molecule has 1 fully saturated rings. The second-order valence-corrected chi connectivity index (χ2v) is 8.16. The largest absolute Gasteiger partial charge is 0.370 e. The van der Waals surface area contributed by atoms with Gasteiger partial charge in [-0.05, 0) is 43.5 Å². The molecule has 1 heterocycles. The van der Waals surface area contributed by atoms with E-state index in [1.807, 2.05) is 36.4 Å². The van der Waals surface area contributed by atoms with Crippen LogP contribution in [0.2, 0.25) is 5.02 Å². The van der Waals surface area contributed by atoms with Gasteiger partial charge in [0.2, 0.25) is 0 Å². The predicted molar refractivity (Wildman–Crippen MR) is 114 cm³/mol. The van der Waals surface area contributed by atoms with E-state index >= 15 is 0 Å². The monoisotopic (exact) mass is 406 g/mol. The van der Waals surface area contributed by atoms with Crippen LogP contribution in [0, 0.1) is 10.8 Å². The van der Waals surface area contributed by atoms with Crippen molar-refractivity contribution in [3.63, 3.8) is 0 Å². The molecule has 0 amide bonds. The quantitative estimate of drug-likeness (QED) is 0.305. The summed E-state index contributed by atoms with van der Waals surface area (Å²) in [5.41, 5.74) is 6.23. The van der Waals surface area contributed by atoms with Gasteiger partial charge in [-0.2, -0.15) is 0 Å². The molecule has 5 N–H and O–H groups in total. The van der Waals surface area contributed by atoms with Gasteiger partial charge in [-0.25, -0.2) is 9.89 Å². The number of guanidine groups is 2. The number of nitrogens with zero attached hydrogens (tertiary/aromatic N) is 1. The third kappa shape index (κ3) is 3.77. The van der Waals surface area contributed by atoms with E-state index in [2.05, 4.69) is 11.4 Å². The Kier molecular flexibility index (Phi) is 5.94. The third-order valence-corrected chi connectivity index (χ3v) is 6.25. The van der Waals surface area contributed by atoms with E-state index in [9.17, 15) is 0 Å². The highest BCUT2D eigenvalue weighted by Crippen LogP contribution is 2.45. The van der Waals surface area contributed by atoms with Gasteiger partial charge in [0.15, 0.2) is 5.96 Å². The lowest BCUT2D eigenvalue weighted by Gasteiger charge is -2.52. The average molecular weight is 407 g/mol. The van der Waals surface area contributed by atoms with Gasteiger partial charge >= 0.3 is 5.96 Å². The van der Waals surface area contributed by atoms with Crippen molar-refractivity contribution in [2.45, 2.75) is 44.1 Å². The summed E-state index contributed by atoms with van der Waals surface area (Å²) < 4.78 is 0.279. The molecule has 1 spiro atoms. The number of hydrogen-bond acceptors (Lipinski definition) is 2. The molecule has 0 bridgehead atoms. The zero-order chi connectivity index (χ0) is 19.5. The van der Waals surface area contributed by atoms with E-state index in [1.54, 1.807) is 0 Å². The summed E-state index contributed by atoms with van der Waals surface area (Å²) in [6.07, 6.45) is 12.2. The smallest absolute Gasteiger partial charge is 0.307 e. The normalized spacial score (nSPS) is 28.1. The van der Waals surface area contributed by atoms with Crippen LogP contribution >= 0.6 is 23.2 Å². The molecule has 0 radical (unpaired) electrons. The highest BCUT2D eigenvalue weighted by Gasteiger charge is 2.54. The van der Waals surface area contributed by atoms with Gasteiger partial charge in [-0.15, -0.1) is 0 Å². The molecule has 27 heavy (non-hydrogen) atoms. The number of halogens is 2. The minimum absolute atomic E-state index is 0.211. The van der Waals surface area contributed by atoms with Crippen LogP contribution in [0.1, 0.15) is 38.5 Å². The van der Waals surface area contributed by atoms with E-state index in [1.165, 1.54) is 6.42 Å². The zero-order valence-corrected chi connectivity index (χ0v) is 16.8. The van der Waals surface area contributed by atoms with Crippen LogP contribution in [0.25, 0.3) is 0 Å². The van der Waals surface area contributed by atoms with E-state index in [0.29, 0.717) is 5.02 Å². The number of rotatable bonds is 1. The van der Waals surface area contributed by atoms with Crippen LogP contribution < -0.4 is 15.5 Å². The first kappa shape index (κ1) is 19.9. The Morgan fingerprint density at radius 3 is 2.41 bits per heavy atom. The van der Waals surface area contributed by atoms with Crippen LogP contribution in [0.4, 0.5) is 5.69 Å². The standard InChI is InChI=1S/C20H26Cl2N5/c21-15-5-7-17(8-6-15)27(19(25)26-18(23)24)14-4-2-1-3-11-20(27)12-9-16(22)10-13-20/h5-10,12H,1-4,11,13-14H2,(H5,23,24,25,26)/q+1. The van der Waals surface area contributed by atoms with Gasteiger partial charge in [0.1, 0.15) is 11.2 Å². The van der Waals surface area contributed by atoms with Crippen molar-refractivity contribution in [2.75, 3.05) is 6.54 Å². The summed E-state index contributed by atoms with van der Waals surface area (Å²) in [7, 11) is 0. The number of quaternary nitrogens is 1. The number of nitrogens with two attached hydrogens (primary N) is 1. The molecule has 144 valence electrons. The highest BCUT2D eigenvalue weighted by atomic mass is 35.5. The summed E-state index contributed by atoms with van der Waals surface area (Å²) in [6.45, 7) is 0.747. The molecule has 2 atom stereocenters. The van der Waals surface area contributed by atoms with Crippen LogP contribution in [-0.4, -0.2) is 24.0 Å². The summed E-state index contributed by atoms with van der Waals surface area (Å²) in [5.74, 6) is -0.0140. The summed E-state index contributed by atoms with van der Waals surface area (Å²) in [4.78, 5) is 0. The number of nitrogens with one attached hydrogen (secondary N) is 3. The van der Waals surface area contributed by atoms with Crippen LogP contribution in [0.5, 0.6) is 0 Å². The maximum atomic E-state index is 8.95. The van der Waals surface area contributed by atoms with Crippen molar-refractivity contribution in [3.05, 3.63) is 52.5 Å². The Bertz CT molecular complexity index is 786. The highest BCUT2D eigenvalue weighted by molar-refractivity contribution is 6.31. The Morgan fingerprint density at radius 1 is 1.07 bits per heavy atom. The fraction of sp³-hybridized carbons (Fsp3) is 0.400. The fourth-order valence-corrected chi connectivity index (χ4v) is 4.70. The first-order valence-electron chi connectivity index (χ1n) is 9.29. The van der Waals surface area contributed by atoms with Crippen LogP contribution in [-0.2, 0) is 0 Å². The molecule has 2 aliphatic rings. The van der Waals surface area contributed by atoms with Crippen molar-refractivity contribution in [1.29, 1.82) is 10.8 Å². The lowest BCUT2D eigenvalue weighted by Crippen LogP contribution is -2.72. The van der Waals surface area contributed by atoms with Gasteiger partial charge in [0.05, 0.1) is 6.54 Å². The lowest BCUT2D eigenvalue weighted by molar-refractivity contribution is 0.186. The van der Waals surface area contributed by atoms with Crippen molar-refractivity contribution >= 4 is 40.8 Å². The zero-order valence-electron chi connectivity index (χ0n) is 15.3. The first-order chi connectivity index (χ1) is 12.9.